The van der Waals surface area contributed by atoms with Crippen molar-refractivity contribution in [3.63, 3.8) is 0 Å². The molecule has 1 amide bonds. The average Bonchev–Trinajstić information content (AvgIpc) is 2.89. The zero-order chi connectivity index (χ0) is 23.8. The van der Waals surface area contributed by atoms with Crippen molar-refractivity contribution in [3.05, 3.63) is 88.7 Å². The molecule has 6 nitrogen and oxygen atoms in total. The van der Waals surface area contributed by atoms with Gasteiger partial charge >= 0.3 is 0 Å². The number of carbonyl (C=O) groups is 1. The number of piperidine rings is 1. The molecule has 0 saturated carbocycles. The molecule has 3 aromatic rings. The lowest BCUT2D eigenvalue weighted by atomic mass is 9.94. The summed E-state index contributed by atoms with van der Waals surface area (Å²) in [6, 6.07) is 21.0. The van der Waals surface area contributed by atoms with E-state index in [1.54, 1.807) is 13.3 Å². The van der Waals surface area contributed by atoms with Crippen molar-refractivity contribution in [3.8, 4) is 11.5 Å². The molecule has 0 radical (unpaired) electrons. The standard InChI is InChI=1S/C27H30BrN3O3/c1-33-25-8-3-2-6-23(25)26(24-7-4-5-15-29-24)30-27(32)20-13-16-31(17-14-20)18-19-34-22-11-9-21(28)10-12-22/h2-12,15,20,26H,13-14,16-19H2,1H3,(H,30,32). The highest BCUT2D eigenvalue weighted by Gasteiger charge is 2.28. The quantitative estimate of drug-likeness (QED) is 0.434. The summed E-state index contributed by atoms with van der Waals surface area (Å²) in [5.41, 5.74) is 1.70. The van der Waals surface area contributed by atoms with Crippen molar-refractivity contribution in [1.29, 1.82) is 0 Å². The van der Waals surface area contributed by atoms with Crippen molar-refractivity contribution in [2.75, 3.05) is 33.4 Å². The summed E-state index contributed by atoms with van der Waals surface area (Å²) in [6.07, 6.45) is 3.40. The van der Waals surface area contributed by atoms with E-state index in [9.17, 15) is 4.79 Å². The van der Waals surface area contributed by atoms with E-state index in [1.165, 1.54) is 0 Å². The van der Waals surface area contributed by atoms with Gasteiger partial charge < -0.3 is 14.8 Å². The first-order valence-corrected chi connectivity index (χ1v) is 12.4. The smallest absolute Gasteiger partial charge is 0.224 e. The Morgan fingerprint density at radius 3 is 2.53 bits per heavy atom. The number of likely N-dealkylation sites (tertiary alicyclic amines) is 1. The normalized spacial score (nSPS) is 15.5. The van der Waals surface area contributed by atoms with E-state index >= 15 is 0 Å². The Labute approximate surface area is 209 Å². The van der Waals surface area contributed by atoms with Gasteiger partial charge in [-0.25, -0.2) is 0 Å². The third-order valence-electron chi connectivity index (χ3n) is 6.17. The fourth-order valence-electron chi connectivity index (χ4n) is 4.26. The van der Waals surface area contributed by atoms with Gasteiger partial charge in [0.15, 0.2) is 0 Å². The Hall–Kier alpha value is -2.90. The first-order valence-electron chi connectivity index (χ1n) is 11.6. The Morgan fingerprint density at radius 1 is 1.09 bits per heavy atom. The van der Waals surface area contributed by atoms with Crippen molar-refractivity contribution in [1.82, 2.24) is 15.2 Å². The number of amides is 1. The van der Waals surface area contributed by atoms with Gasteiger partial charge in [0.2, 0.25) is 5.91 Å². The van der Waals surface area contributed by atoms with E-state index in [4.69, 9.17) is 9.47 Å². The van der Waals surface area contributed by atoms with Crippen LogP contribution in [0.2, 0.25) is 0 Å². The van der Waals surface area contributed by atoms with Crippen LogP contribution in [0.5, 0.6) is 11.5 Å². The first kappa shape index (κ1) is 24.2. The summed E-state index contributed by atoms with van der Waals surface area (Å²) >= 11 is 3.44. The summed E-state index contributed by atoms with van der Waals surface area (Å²) < 4.78 is 12.5. The molecule has 1 N–H and O–H groups in total. The van der Waals surface area contributed by atoms with Crippen LogP contribution < -0.4 is 14.8 Å². The number of benzene rings is 2. The minimum absolute atomic E-state index is 0.0236. The number of hydrogen-bond donors (Lipinski definition) is 1. The van der Waals surface area contributed by atoms with Crippen molar-refractivity contribution in [2.45, 2.75) is 18.9 Å². The molecule has 0 spiro atoms. The second-order valence-corrected chi connectivity index (χ2v) is 9.27. The second kappa shape index (κ2) is 12.0. The summed E-state index contributed by atoms with van der Waals surface area (Å²) in [4.78, 5) is 20.1. The maximum absolute atomic E-state index is 13.3. The molecule has 1 aliphatic rings. The monoisotopic (exact) mass is 523 g/mol. The number of aromatic nitrogens is 1. The molecule has 1 saturated heterocycles. The fourth-order valence-corrected chi connectivity index (χ4v) is 4.53. The number of para-hydroxylation sites is 1. The van der Waals surface area contributed by atoms with Crippen molar-refractivity contribution in [2.24, 2.45) is 5.92 Å². The predicted octanol–water partition coefficient (Wildman–Crippen LogP) is 4.85. The highest BCUT2D eigenvalue weighted by atomic mass is 79.9. The van der Waals surface area contributed by atoms with E-state index in [-0.39, 0.29) is 17.9 Å². The number of nitrogens with one attached hydrogen (secondary N) is 1. The molecule has 2 heterocycles. The van der Waals surface area contributed by atoms with Crippen LogP contribution in [0.25, 0.3) is 0 Å². The van der Waals surface area contributed by atoms with Gasteiger partial charge in [-0.1, -0.05) is 40.2 Å². The molecule has 1 atom stereocenters. The Morgan fingerprint density at radius 2 is 1.82 bits per heavy atom. The van der Waals surface area contributed by atoms with Gasteiger partial charge in [0.1, 0.15) is 18.1 Å². The molecule has 34 heavy (non-hydrogen) atoms. The van der Waals surface area contributed by atoms with E-state index in [2.05, 4.69) is 31.1 Å². The summed E-state index contributed by atoms with van der Waals surface area (Å²) in [7, 11) is 1.65. The third-order valence-corrected chi connectivity index (χ3v) is 6.70. The number of nitrogens with zero attached hydrogens (tertiary/aromatic N) is 2. The largest absolute Gasteiger partial charge is 0.496 e. The number of hydrogen-bond acceptors (Lipinski definition) is 5. The van der Waals surface area contributed by atoms with Gasteiger partial charge in [0.25, 0.3) is 0 Å². The maximum Gasteiger partial charge on any atom is 0.224 e. The molecule has 1 fully saturated rings. The van der Waals surface area contributed by atoms with Gasteiger partial charge in [-0.3, -0.25) is 14.7 Å². The van der Waals surface area contributed by atoms with Crippen molar-refractivity contribution >= 4 is 21.8 Å². The minimum atomic E-state index is -0.359. The van der Waals surface area contributed by atoms with Crippen LogP contribution in [-0.4, -0.2) is 49.1 Å². The van der Waals surface area contributed by atoms with Gasteiger partial charge in [0.05, 0.1) is 18.8 Å². The Bertz CT molecular complexity index is 1050. The number of carbonyl (C=O) groups excluding carboxylic acids is 1. The molecule has 1 aliphatic heterocycles. The second-order valence-electron chi connectivity index (χ2n) is 8.36. The average molecular weight is 524 g/mol. The zero-order valence-electron chi connectivity index (χ0n) is 19.3. The Kier molecular flexibility index (Phi) is 8.55. The molecule has 1 unspecified atom stereocenters. The molecule has 0 aliphatic carbocycles. The number of halogens is 1. The molecule has 4 rings (SSSR count). The molecule has 1 aromatic heterocycles. The van der Waals surface area contributed by atoms with E-state index in [0.717, 1.165) is 59.7 Å². The maximum atomic E-state index is 13.3. The number of ether oxygens (including phenoxy) is 2. The van der Waals surface area contributed by atoms with Crippen LogP contribution in [0.15, 0.2) is 77.4 Å². The molecular formula is C27H30BrN3O3. The summed E-state index contributed by atoms with van der Waals surface area (Å²) in [6.45, 7) is 3.24. The van der Waals surface area contributed by atoms with Gasteiger partial charge in [0, 0.05) is 28.7 Å². The molecule has 178 valence electrons. The number of rotatable bonds is 9. The summed E-state index contributed by atoms with van der Waals surface area (Å²) in [5, 5.41) is 3.25. The molecule has 2 aromatic carbocycles. The third kappa shape index (κ3) is 6.36. The fraction of sp³-hybridized carbons (Fsp3) is 0.333. The SMILES string of the molecule is COc1ccccc1C(NC(=O)C1CCN(CCOc2ccc(Br)cc2)CC1)c1ccccn1. The Balaban J connectivity index is 1.32. The number of methoxy groups -OCH3 is 1. The van der Waals surface area contributed by atoms with Crippen LogP contribution >= 0.6 is 15.9 Å². The van der Waals surface area contributed by atoms with E-state index in [0.29, 0.717) is 6.61 Å². The van der Waals surface area contributed by atoms with Crippen LogP contribution in [-0.2, 0) is 4.79 Å². The molecule has 0 bridgehead atoms. The highest BCUT2D eigenvalue weighted by Crippen LogP contribution is 2.30. The molecule has 7 heteroatoms. The highest BCUT2D eigenvalue weighted by molar-refractivity contribution is 9.10. The lowest BCUT2D eigenvalue weighted by Gasteiger charge is -2.32. The molecular weight excluding hydrogens is 494 g/mol. The van der Waals surface area contributed by atoms with Crippen LogP contribution in [0, 0.1) is 5.92 Å². The first-order chi connectivity index (χ1) is 16.6. The van der Waals surface area contributed by atoms with E-state index in [1.807, 2.05) is 66.7 Å². The summed E-state index contributed by atoms with van der Waals surface area (Å²) in [5.74, 6) is 1.64. The van der Waals surface area contributed by atoms with Gasteiger partial charge in [-0.2, -0.15) is 0 Å². The van der Waals surface area contributed by atoms with Gasteiger partial charge in [-0.05, 0) is 68.4 Å². The topological polar surface area (TPSA) is 63.7 Å². The van der Waals surface area contributed by atoms with Crippen LogP contribution in [0.4, 0.5) is 0 Å². The minimum Gasteiger partial charge on any atom is -0.496 e. The van der Waals surface area contributed by atoms with Crippen LogP contribution in [0.3, 0.4) is 0 Å². The predicted molar refractivity (Wildman–Crippen MR) is 136 cm³/mol. The lowest BCUT2D eigenvalue weighted by Crippen LogP contribution is -2.43. The van der Waals surface area contributed by atoms with Crippen LogP contribution in [0.1, 0.15) is 30.1 Å². The number of pyridine rings is 1. The lowest BCUT2D eigenvalue weighted by molar-refractivity contribution is -0.127. The van der Waals surface area contributed by atoms with Gasteiger partial charge in [-0.15, -0.1) is 0 Å². The van der Waals surface area contributed by atoms with Crippen molar-refractivity contribution < 1.29 is 14.3 Å². The zero-order valence-corrected chi connectivity index (χ0v) is 20.9. The van der Waals surface area contributed by atoms with E-state index < -0.39 is 0 Å².